The van der Waals surface area contributed by atoms with Gasteiger partial charge in [0, 0.05) is 31.2 Å². The molecule has 0 aromatic heterocycles. The summed E-state index contributed by atoms with van der Waals surface area (Å²) in [5.41, 5.74) is 1.10. The molecule has 1 heterocycles. The highest BCUT2D eigenvalue weighted by Crippen LogP contribution is 2.19. The minimum Gasteiger partial charge on any atom is -0.496 e. The van der Waals surface area contributed by atoms with E-state index in [1.807, 2.05) is 18.2 Å². The van der Waals surface area contributed by atoms with Crippen molar-refractivity contribution in [3.8, 4) is 5.75 Å². The monoisotopic (exact) mass is 474 g/mol. The molecular weight excluding hydrogens is 439 g/mol. The average Bonchev–Trinajstić information content (AvgIpc) is 2.64. The highest BCUT2D eigenvalue weighted by molar-refractivity contribution is 14.0. The lowest BCUT2D eigenvalue weighted by Gasteiger charge is -2.35. The molecule has 1 atom stereocenters. The van der Waals surface area contributed by atoms with Gasteiger partial charge in [0.2, 0.25) is 0 Å². The normalized spacial score (nSPS) is 18.3. The Morgan fingerprint density at radius 2 is 2.08 bits per heavy atom. The molecule has 5 nitrogen and oxygen atoms in total. The first-order valence-electron chi connectivity index (χ1n) is 9.52. The van der Waals surface area contributed by atoms with Crippen molar-refractivity contribution in [3.63, 3.8) is 0 Å². The van der Waals surface area contributed by atoms with Crippen LogP contribution in [0.25, 0.3) is 0 Å². The lowest BCUT2D eigenvalue weighted by molar-refractivity contribution is 0.141. The van der Waals surface area contributed by atoms with E-state index in [1.165, 1.54) is 25.9 Å². The lowest BCUT2D eigenvalue weighted by atomic mass is 9.97. The Hall–Kier alpha value is -1.02. The summed E-state index contributed by atoms with van der Waals surface area (Å²) >= 11 is 0. The van der Waals surface area contributed by atoms with Crippen LogP contribution in [-0.4, -0.2) is 50.2 Å². The first-order valence-corrected chi connectivity index (χ1v) is 9.52. The summed E-state index contributed by atoms with van der Waals surface area (Å²) in [4.78, 5) is 7.31. The van der Waals surface area contributed by atoms with Crippen molar-refractivity contribution in [1.82, 2.24) is 15.5 Å². The Kier molecular flexibility index (Phi) is 11.0. The number of nitrogens with zero attached hydrogens (tertiary/aromatic N) is 2. The summed E-state index contributed by atoms with van der Waals surface area (Å²) in [6.45, 7) is 11.5. The second-order valence-corrected chi connectivity index (χ2v) is 6.98. The van der Waals surface area contributed by atoms with E-state index in [4.69, 9.17) is 9.73 Å². The molecule has 1 fully saturated rings. The summed E-state index contributed by atoms with van der Waals surface area (Å²) < 4.78 is 5.41. The number of hydrogen-bond acceptors (Lipinski definition) is 3. The minimum atomic E-state index is 0. The number of para-hydroxylation sites is 1. The van der Waals surface area contributed by atoms with Crippen molar-refractivity contribution < 1.29 is 4.74 Å². The van der Waals surface area contributed by atoms with E-state index < -0.39 is 0 Å². The van der Waals surface area contributed by atoms with Crippen LogP contribution in [0.4, 0.5) is 0 Å². The second kappa shape index (κ2) is 12.4. The largest absolute Gasteiger partial charge is 0.496 e. The van der Waals surface area contributed by atoms with Gasteiger partial charge < -0.3 is 20.3 Å². The summed E-state index contributed by atoms with van der Waals surface area (Å²) in [6.07, 6.45) is 2.58. The SMILES string of the molecule is CCNC(=NCc1ccccc1OC)NCC1CCCN(C(C)C)C1.I. The van der Waals surface area contributed by atoms with Crippen LogP contribution in [0.15, 0.2) is 29.3 Å². The molecule has 1 aromatic carbocycles. The standard InChI is InChI=1S/C20H34N4O.HI/c1-5-21-20(23-14-18-10-6-7-11-19(18)25-4)22-13-17-9-8-12-24(15-17)16(2)3;/h6-7,10-11,16-17H,5,8-9,12-15H2,1-4H3,(H2,21,22,23);1H. The van der Waals surface area contributed by atoms with Crippen LogP contribution in [-0.2, 0) is 6.54 Å². The number of ether oxygens (including phenoxy) is 1. The van der Waals surface area contributed by atoms with Gasteiger partial charge in [0.1, 0.15) is 5.75 Å². The molecule has 0 bridgehead atoms. The molecule has 2 rings (SSSR count). The Morgan fingerprint density at radius 3 is 2.77 bits per heavy atom. The number of methoxy groups -OCH3 is 1. The molecule has 0 aliphatic carbocycles. The van der Waals surface area contributed by atoms with Gasteiger partial charge in [0.25, 0.3) is 0 Å². The number of guanidine groups is 1. The zero-order chi connectivity index (χ0) is 18.1. The van der Waals surface area contributed by atoms with Gasteiger partial charge in [-0.15, -0.1) is 24.0 Å². The highest BCUT2D eigenvalue weighted by atomic mass is 127. The summed E-state index contributed by atoms with van der Waals surface area (Å²) in [5.74, 6) is 2.46. The van der Waals surface area contributed by atoms with Crippen molar-refractivity contribution in [3.05, 3.63) is 29.8 Å². The third-order valence-electron chi connectivity index (χ3n) is 4.78. The van der Waals surface area contributed by atoms with Gasteiger partial charge in [0.05, 0.1) is 13.7 Å². The van der Waals surface area contributed by atoms with Gasteiger partial charge in [-0.25, -0.2) is 4.99 Å². The minimum absolute atomic E-state index is 0. The van der Waals surface area contributed by atoms with E-state index >= 15 is 0 Å². The van der Waals surface area contributed by atoms with E-state index in [2.05, 4.69) is 42.4 Å². The first-order chi connectivity index (χ1) is 12.1. The van der Waals surface area contributed by atoms with Gasteiger partial charge in [0.15, 0.2) is 5.96 Å². The van der Waals surface area contributed by atoms with Crippen molar-refractivity contribution in [1.29, 1.82) is 0 Å². The molecule has 1 aliphatic rings. The third-order valence-corrected chi connectivity index (χ3v) is 4.78. The summed E-state index contributed by atoms with van der Waals surface area (Å²) in [6, 6.07) is 8.69. The zero-order valence-electron chi connectivity index (χ0n) is 16.6. The second-order valence-electron chi connectivity index (χ2n) is 6.98. The molecule has 0 amide bonds. The van der Waals surface area contributed by atoms with Gasteiger partial charge in [-0.05, 0) is 52.1 Å². The van der Waals surface area contributed by atoms with E-state index in [1.54, 1.807) is 7.11 Å². The Bertz CT molecular complexity index is 550. The highest BCUT2D eigenvalue weighted by Gasteiger charge is 2.21. The molecule has 1 saturated heterocycles. The average molecular weight is 474 g/mol. The van der Waals surface area contributed by atoms with Crippen LogP contribution in [0.1, 0.15) is 39.2 Å². The van der Waals surface area contributed by atoms with E-state index in [0.717, 1.165) is 30.4 Å². The van der Waals surface area contributed by atoms with Crippen molar-refractivity contribution in [2.75, 3.05) is 33.3 Å². The maximum atomic E-state index is 5.41. The van der Waals surface area contributed by atoms with Crippen molar-refractivity contribution in [2.24, 2.45) is 10.9 Å². The smallest absolute Gasteiger partial charge is 0.191 e. The van der Waals surface area contributed by atoms with E-state index in [-0.39, 0.29) is 24.0 Å². The Labute approximate surface area is 176 Å². The molecule has 148 valence electrons. The van der Waals surface area contributed by atoms with Crippen LogP contribution in [0.5, 0.6) is 5.75 Å². The van der Waals surface area contributed by atoms with Crippen LogP contribution < -0.4 is 15.4 Å². The lowest BCUT2D eigenvalue weighted by Crippen LogP contribution is -2.46. The van der Waals surface area contributed by atoms with Crippen LogP contribution in [0.3, 0.4) is 0 Å². The Balaban J connectivity index is 0.00000338. The van der Waals surface area contributed by atoms with Crippen LogP contribution in [0, 0.1) is 5.92 Å². The molecule has 1 aliphatic heterocycles. The molecule has 26 heavy (non-hydrogen) atoms. The van der Waals surface area contributed by atoms with Crippen molar-refractivity contribution >= 4 is 29.9 Å². The topological polar surface area (TPSA) is 48.9 Å². The number of aliphatic imine (C=N–C) groups is 1. The quantitative estimate of drug-likeness (QED) is 0.361. The van der Waals surface area contributed by atoms with Crippen LogP contribution >= 0.6 is 24.0 Å². The zero-order valence-corrected chi connectivity index (χ0v) is 19.0. The van der Waals surface area contributed by atoms with Gasteiger partial charge in [-0.3, -0.25) is 0 Å². The van der Waals surface area contributed by atoms with Gasteiger partial charge in [-0.2, -0.15) is 0 Å². The number of rotatable bonds is 7. The fourth-order valence-electron chi connectivity index (χ4n) is 3.31. The van der Waals surface area contributed by atoms with Crippen LogP contribution in [0.2, 0.25) is 0 Å². The van der Waals surface area contributed by atoms with E-state index in [0.29, 0.717) is 18.5 Å². The maximum Gasteiger partial charge on any atom is 0.191 e. The summed E-state index contributed by atoms with van der Waals surface area (Å²) in [5, 5.41) is 6.88. The molecular formula is C20H35IN4O. The molecule has 0 saturated carbocycles. The molecule has 6 heteroatoms. The maximum absolute atomic E-state index is 5.41. The molecule has 0 radical (unpaired) electrons. The van der Waals surface area contributed by atoms with Gasteiger partial charge >= 0.3 is 0 Å². The predicted molar refractivity (Wildman–Crippen MR) is 121 cm³/mol. The van der Waals surface area contributed by atoms with Gasteiger partial charge in [-0.1, -0.05) is 18.2 Å². The summed E-state index contributed by atoms with van der Waals surface area (Å²) in [7, 11) is 1.70. The number of benzene rings is 1. The third kappa shape index (κ3) is 7.31. The predicted octanol–water partition coefficient (Wildman–Crippen LogP) is 3.49. The fraction of sp³-hybridized carbons (Fsp3) is 0.650. The van der Waals surface area contributed by atoms with E-state index in [9.17, 15) is 0 Å². The number of nitrogens with one attached hydrogen (secondary N) is 2. The molecule has 1 aromatic rings. The number of halogens is 1. The number of likely N-dealkylation sites (tertiary alicyclic amines) is 1. The molecule has 2 N–H and O–H groups in total. The fourth-order valence-corrected chi connectivity index (χ4v) is 3.31. The number of piperidine rings is 1. The number of hydrogen-bond donors (Lipinski definition) is 2. The Morgan fingerprint density at radius 1 is 1.31 bits per heavy atom. The molecule has 0 spiro atoms. The first kappa shape index (κ1) is 23.0. The molecule has 1 unspecified atom stereocenters. The van der Waals surface area contributed by atoms with Crippen molar-refractivity contribution in [2.45, 2.75) is 46.2 Å².